The van der Waals surface area contributed by atoms with Crippen molar-refractivity contribution >= 4 is 27.9 Å². The molecule has 0 saturated carbocycles. The molecule has 3 heterocycles. The van der Waals surface area contributed by atoms with Crippen LogP contribution in [0.3, 0.4) is 0 Å². The summed E-state index contributed by atoms with van der Waals surface area (Å²) in [6.07, 6.45) is 6.12. The topological polar surface area (TPSA) is 94.6 Å². The molecule has 0 amide bonds. The number of imidazole rings is 1. The highest BCUT2D eigenvalue weighted by Crippen LogP contribution is 2.24. The average molecular weight is 308 g/mol. The van der Waals surface area contributed by atoms with Crippen LogP contribution in [0.15, 0.2) is 37.1 Å². The summed E-state index contributed by atoms with van der Waals surface area (Å²) < 4.78 is 7.25. The first kappa shape index (κ1) is 13.6. The Labute approximate surface area is 132 Å². The monoisotopic (exact) mass is 308 g/mol. The first-order chi connectivity index (χ1) is 11.3. The Balaban J connectivity index is 1.62. The third kappa shape index (κ3) is 2.26. The number of anilines is 1. The molecule has 4 aromatic rings. The fourth-order valence-corrected chi connectivity index (χ4v) is 2.80. The molecule has 0 aliphatic rings. The molecular weight excluding hydrogens is 292 g/mol. The maximum absolute atomic E-state index is 5.82. The van der Waals surface area contributed by atoms with Crippen LogP contribution >= 0.6 is 0 Å². The molecule has 0 aliphatic heterocycles. The molecule has 3 aromatic heterocycles. The summed E-state index contributed by atoms with van der Waals surface area (Å²) >= 11 is 0. The number of ether oxygens (including phenoxy) is 1. The van der Waals surface area contributed by atoms with E-state index in [9.17, 15) is 0 Å². The number of nitrogens with one attached hydrogen (secondary N) is 1. The summed E-state index contributed by atoms with van der Waals surface area (Å²) in [5.41, 5.74) is 9.54. The fraction of sp³-hybridized carbons (Fsp3) is 0.188. The number of nitrogen functional groups attached to an aromatic ring is 1. The van der Waals surface area contributed by atoms with E-state index in [-0.39, 0.29) is 0 Å². The van der Waals surface area contributed by atoms with Crippen molar-refractivity contribution in [2.24, 2.45) is 0 Å². The van der Waals surface area contributed by atoms with E-state index in [0.717, 1.165) is 29.9 Å². The van der Waals surface area contributed by atoms with Gasteiger partial charge in [-0.25, -0.2) is 15.0 Å². The summed E-state index contributed by atoms with van der Waals surface area (Å²) in [4.78, 5) is 15.8. The van der Waals surface area contributed by atoms with Gasteiger partial charge in [0.15, 0.2) is 11.5 Å². The lowest BCUT2D eigenvalue weighted by Gasteiger charge is -2.04. The van der Waals surface area contributed by atoms with Crippen molar-refractivity contribution in [3.63, 3.8) is 0 Å². The van der Waals surface area contributed by atoms with Crippen LogP contribution in [0, 0.1) is 0 Å². The summed E-state index contributed by atoms with van der Waals surface area (Å²) in [5, 5.41) is 1.20. The molecule has 7 heteroatoms. The maximum atomic E-state index is 5.82. The second kappa shape index (κ2) is 5.28. The van der Waals surface area contributed by atoms with E-state index in [0.29, 0.717) is 11.3 Å². The largest absolute Gasteiger partial charge is 0.497 e. The van der Waals surface area contributed by atoms with Gasteiger partial charge in [-0.1, -0.05) is 0 Å². The highest BCUT2D eigenvalue weighted by atomic mass is 16.5. The smallest absolute Gasteiger partial charge is 0.165 e. The minimum absolute atomic E-state index is 0.410. The van der Waals surface area contributed by atoms with Gasteiger partial charge in [0.25, 0.3) is 0 Å². The number of benzene rings is 1. The number of rotatable bonds is 4. The van der Waals surface area contributed by atoms with Crippen LogP contribution in [-0.4, -0.2) is 31.6 Å². The Morgan fingerprint density at radius 1 is 1.26 bits per heavy atom. The number of aryl methyl sites for hydroxylation is 2. The molecule has 0 fully saturated rings. The predicted octanol–water partition coefficient (Wildman–Crippen LogP) is 2.14. The number of aromatic amines is 1. The van der Waals surface area contributed by atoms with E-state index in [1.54, 1.807) is 13.4 Å². The third-order valence-corrected chi connectivity index (χ3v) is 4.03. The minimum Gasteiger partial charge on any atom is -0.497 e. The number of methoxy groups -OCH3 is 1. The molecule has 3 N–H and O–H groups in total. The quantitative estimate of drug-likeness (QED) is 0.602. The van der Waals surface area contributed by atoms with Crippen LogP contribution in [0.5, 0.6) is 5.75 Å². The van der Waals surface area contributed by atoms with E-state index in [4.69, 9.17) is 10.5 Å². The van der Waals surface area contributed by atoms with Crippen LogP contribution in [0.4, 0.5) is 5.82 Å². The normalized spacial score (nSPS) is 11.3. The molecule has 0 unspecified atom stereocenters. The summed E-state index contributed by atoms with van der Waals surface area (Å²) in [6, 6.07) is 6.05. The average Bonchev–Trinajstić information content (AvgIpc) is 3.17. The molecule has 0 atom stereocenters. The van der Waals surface area contributed by atoms with E-state index in [2.05, 4.69) is 26.0 Å². The zero-order valence-electron chi connectivity index (χ0n) is 12.7. The molecule has 7 nitrogen and oxygen atoms in total. The lowest BCUT2D eigenvalue weighted by atomic mass is 10.1. The summed E-state index contributed by atoms with van der Waals surface area (Å²) in [7, 11) is 1.67. The van der Waals surface area contributed by atoms with Gasteiger partial charge in [0.1, 0.15) is 17.6 Å². The van der Waals surface area contributed by atoms with Crippen LogP contribution < -0.4 is 10.5 Å². The second-order valence-corrected chi connectivity index (χ2v) is 5.34. The highest BCUT2D eigenvalue weighted by molar-refractivity contribution is 5.84. The van der Waals surface area contributed by atoms with E-state index < -0.39 is 0 Å². The van der Waals surface area contributed by atoms with Gasteiger partial charge in [-0.3, -0.25) is 0 Å². The standard InChI is InChI=1S/C16H16N6O/c1-23-11-2-3-12-10(7-18-13(12)6-11)4-5-22-9-21-14-15(17)19-8-20-16(14)22/h2-3,6-9,18H,4-5H2,1H3,(H2,17,19,20). The molecule has 0 bridgehead atoms. The zero-order chi connectivity index (χ0) is 15.8. The number of aromatic nitrogens is 5. The van der Waals surface area contributed by atoms with Gasteiger partial charge in [-0.05, 0) is 24.1 Å². The number of nitrogens with zero attached hydrogens (tertiary/aromatic N) is 4. The summed E-state index contributed by atoms with van der Waals surface area (Å²) in [5.74, 6) is 1.26. The van der Waals surface area contributed by atoms with Gasteiger partial charge in [-0.15, -0.1) is 0 Å². The van der Waals surface area contributed by atoms with Crippen LogP contribution in [0.2, 0.25) is 0 Å². The SMILES string of the molecule is COc1ccc2c(CCn3cnc4c(N)ncnc43)c[nH]c2c1. The second-order valence-electron chi connectivity index (χ2n) is 5.34. The molecule has 0 aliphatic carbocycles. The molecule has 1 aromatic carbocycles. The first-order valence-corrected chi connectivity index (χ1v) is 7.31. The Bertz CT molecular complexity index is 987. The highest BCUT2D eigenvalue weighted by Gasteiger charge is 2.09. The summed E-state index contributed by atoms with van der Waals surface area (Å²) in [6.45, 7) is 0.770. The van der Waals surface area contributed by atoms with Crippen LogP contribution in [0.25, 0.3) is 22.1 Å². The number of hydrogen-bond acceptors (Lipinski definition) is 5. The number of hydrogen-bond donors (Lipinski definition) is 2. The third-order valence-electron chi connectivity index (χ3n) is 4.03. The van der Waals surface area contributed by atoms with Crippen molar-refractivity contribution in [1.29, 1.82) is 0 Å². The van der Waals surface area contributed by atoms with Gasteiger partial charge < -0.3 is 20.0 Å². The molecule has 0 spiro atoms. The molecular formula is C16H16N6O. The Morgan fingerprint density at radius 3 is 3.04 bits per heavy atom. The molecule has 0 radical (unpaired) electrons. The first-order valence-electron chi connectivity index (χ1n) is 7.31. The Kier molecular flexibility index (Phi) is 3.11. The number of fused-ring (bicyclic) bond motifs is 2. The van der Waals surface area contributed by atoms with Gasteiger partial charge in [0.05, 0.1) is 13.4 Å². The molecule has 4 rings (SSSR count). The lowest BCUT2D eigenvalue weighted by Crippen LogP contribution is -2.01. The number of H-pyrrole nitrogens is 1. The van der Waals surface area contributed by atoms with Crippen molar-refractivity contribution in [1.82, 2.24) is 24.5 Å². The van der Waals surface area contributed by atoms with E-state index in [1.807, 2.05) is 22.9 Å². The van der Waals surface area contributed by atoms with Gasteiger partial charge in [0, 0.05) is 29.7 Å². The molecule has 116 valence electrons. The Morgan fingerprint density at radius 2 is 2.17 bits per heavy atom. The number of nitrogens with two attached hydrogens (primary N) is 1. The van der Waals surface area contributed by atoms with Crippen molar-refractivity contribution in [3.8, 4) is 5.75 Å². The molecule has 0 saturated heterocycles. The van der Waals surface area contributed by atoms with Gasteiger partial charge in [-0.2, -0.15) is 0 Å². The predicted molar refractivity (Wildman–Crippen MR) is 88.3 cm³/mol. The van der Waals surface area contributed by atoms with Crippen molar-refractivity contribution < 1.29 is 4.74 Å². The molecule has 23 heavy (non-hydrogen) atoms. The zero-order valence-corrected chi connectivity index (χ0v) is 12.7. The van der Waals surface area contributed by atoms with Gasteiger partial charge >= 0.3 is 0 Å². The van der Waals surface area contributed by atoms with Crippen molar-refractivity contribution in [2.45, 2.75) is 13.0 Å². The fourth-order valence-electron chi connectivity index (χ4n) is 2.80. The van der Waals surface area contributed by atoms with E-state index in [1.165, 1.54) is 17.3 Å². The lowest BCUT2D eigenvalue weighted by molar-refractivity contribution is 0.415. The maximum Gasteiger partial charge on any atom is 0.165 e. The van der Waals surface area contributed by atoms with Gasteiger partial charge in [0.2, 0.25) is 0 Å². The van der Waals surface area contributed by atoms with Crippen LogP contribution in [0.1, 0.15) is 5.56 Å². The Hall–Kier alpha value is -3.09. The van der Waals surface area contributed by atoms with Crippen molar-refractivity contribution in [2.75, 3.05) is 12.8 Å². The van der Waals surface area contributed by atoms with Crippen LogP contribution in [-0.2, 0) is 13.0 Å². The van der Waals surface area contributed by atoms with Crippen molar-refractivity contribution in [3.05, 3.63) is 42.6 Å². The minimum atomic E-state index is 0.410. The van der Waals surface area contributed by atoms with E-state index >= 15 is 0 Å².